The smallest absolute Gasteiger partial charge is 0.168 e. The topological polar surface area (TPSA) is 21.7 Å². The molecule has 2 atom stereocenters. The molecule has 0 spiro atoms. The highest BCUT2D eigenvalue weighted by molar-refractivity contribution is 4.92. The SMILES string of the molecule is CCCCC/C=C\C/C=C\CCCCCCCCC1(CCCCCCCCCCC/C=C\CCCCC)OCC(CCN(C)C)O1. The number of allylic oxidation sites excluding steroid dienone is 6. The molecule has 270 valence electrons. The van der Waals surface area contributed by atoms with E-state index in [9.17, 15) is 0 Å². The van der Waals surface area contributed by atoms with Crippen molar-refractivity contribution in [2.24, 2.45) is 0 Å². The maximum absolute atomic E-state index is 6.68. The lowest BCUT2D eigenvalue weighted by Gasteiger charge is -2.29. The van der Waals surface area contributed by atoms with Crippen LogP contribution in [0.4, 0.5) is 0 Å². The standard InChI is InChI=1S/C43H81NO2/c1-5-7-9-11-13-15-17-19-21-23-25-27-29-31-33-35-38-43(45-41-42(46-43)37-40-44(3)4)39-36-34-32-30-28-26-24-22-20-18-16-14-12-10-8-6-2/h13-16,19,21,42H,5-12,17-18,20,22-41H2,1-4H3/b15-13-,16-14-,21-19-. The predicted molar refractivity (Wildman–Crippen MR) is 205 cm³/mol. The summed E-state index contributed by atoms with van der Waals surface area (Å²) in [5.74, 6) is -0.309. The summed E-state index contributed by atoms with van der Waals surface area (Å²) >= 11 is 0. The minimum atomic E-state index is -0.309. The summed E-state index contributed by atoms with van der Waals surface area (Å²) < 4.78 is 13.2. The molecule has 1 aliphatic heterocycles. The zero-order valence-corrected chi connectivity index (χ0v) is 31.7. The van der Waals surface area contributed by atoms with Gasteiger partial charge in [-0.25, -0.2) is 0 Å². The predicted octanol–water partition coefficient (Wildman–Crippen LogP) is 13.7. The van der Waals surface area contributed by atoms with Crippen molar-refractivity contribution in [1.82, 2.24) is 4.90 Å². The van der Waals surface area contributed by atoms with Crippen LogP contribution in [-0.2, 0) is 9.47 Å². The molecule has 0 amide bonds. The van der Waals surface area contributed by atoms with Crippen LogP contribution in [-0.4, -0.2) is 44.0 Å². The lowest BCUT2D eigenvalue weighted by molar-refractivity contribution is -0.180. The maximum atomic E-state index is 6.68. The summed E-state index contributed by atoms with van der Waals surface area (Å²) in [4.78, 5) is 2.26. The molecule has 0 N–H and O–H groups in total. The Morgan fingerprint density at radius 2 is 0.913 bits per heavy atom. The molecule has 46 heavy (non-hydrogen) atoms. The van der Waals surface area contributed by atoms with Gasteiger partial charge in [0.15, 0.2) is 5.79 Å². The average molecular weight is 644 g/mol. The molecule has 1 saturated heterocycles. The van der Waals surface area contributed by atoms with E-state index in [1.54, 1.807) is 0 Å². The Balaban J connectivity index is 2.13. The van der Waals surface area contributed by atoms with Gasteiger partial charge < -0.3 is 14.4 Å². The normalized spacial score (nSPS) is 18.8. The number of hydrogen-bond donors (Lipinski definition) is 0. The van der Waals surface area contributed by atoms with Crippen LogP contribution < -0.4 is 0 Å². The second-order valence-electron chi connectivity index (χ2n) is 14.6. The Labute approximate surface area is 289 Å². The van der Waals surface area contributed by atoms with E-state index in [0.717, 1.165) is 38.8 Å². The van der Waals surface area contributed by atoms with E-state index in [1.807, 2.05) is 0 Å². The number of nitrogens with zero attached hydrogens (tertiary/aromatic N) is 1. The summed E-state index contributed by atoms with van der Waals surface area (Å²) in [6, 6.07) is 0. The van der Waals surface area contributed by atoms with E-state index in [0.29, 0.717) is 0 Å². The molecule has 3 heteroatoms. The minimum Gasteiger partial charge on any atom is -0.347 e. The molecule has 0 radical (unpaired) electrons. The minimum absolute atomic E-state index is 0.267. The molecule has 1 fully saturated rings. The molecule has 1 aliphatic rings. The average Bonchev–Trinajstić information content (AvgIpc) is 3.46. The van der Waals surface area contributed by atoms with Gasteiger partial charge in [0.2, 0.25) is 0 Å². The third kappa shape index (κ3) is 27.1. The van der Waals surface area contributed by atoms with Crippen molar-refractivity contribution in [1.29, 1.82) is 0 Å². The van der Waals surface area contributed by atoms with Crippen LogP contribution in [0, 0.1) is 0 Å². The van der Waals surface area contributed by atoms with Gasteiger partial charge in [-0.05, 0) is 91.1 Å². The van der Waals surface area contributed by atoms with Crippen molar-refractivity contribution in [3.63, 3.8) is 0 Å². The Hall–Kier alpha value is -0.900. The summed E-state index contributed by atoms with van der Waals surface area (Å²) in [6.45, 7) is 6.41. The van der Waals surface area contributed by atoms with Gasteiger partial charge in [-0.1, -0.05) is 147 Å². The Morgan fingerprint density at radius 1 is 0.522 bits per heavy atom. The van der Waals surface area contributed by atoms with Crippen LogP contribution in [0.3, 0.4) is 0 Å². The first-order valence-electron chi connectivity index (χ1n) is 20.5. The molecule has 1 heterocycles. The Kier molecular flexibility index (Phi) is 30.6. The van der Waals surface area contributed by atoms with Crippen LogP contribution in [0.2, 0.25) is 0 Å². The highest BCUT2D eigenvalue weighted by Gasteiger charge is 2.40. The maximum Gasteiger partial charge on any atom is 0.168 e. The van der Waals surface area contributed by atoms with Crippen LogP contribution in [0.1, 0.15) is 200 Å². The molecule has 0 aromatic heterocycles. The van der Waals surface area contributed by atoms with Gasteiger partial charge in [-0.2, -0.15) is 0 Å². The van der Waals surface area contributed by atoms with E-state index in [2.05, 4.69) is 69.3 Å². The van der Waals surface area contributed by atoms with Crippen LogP contribution in [0.15, 0.2) is 36.5 Å². The van der Waals surface area contributed by atoms with Gasteiger partial charge in [0, 0.05) is 19.4 Å². The lowest BCUT2D eigenvalue weighted by atomic mass is 9.98. The molecule has 0 bridgehead atoms. The highest BCUT2D eigenvalue weighted by Crippen LogP contribution is 2.35. The Bertz CT molecular complexity index is 714. The van der Waals surface area contributed by atoms with E-state index in [-0.39, 0.29) is 11.9 Å². The third-order valence-electron chi connectivity index (χ3n) is 9.64. The molecular weight excluding hydrogens is 562 g/mol. The molecule has 1 rings (SSSR count). The first kappa shape index (κ1) is 43.1. The monoisotopic (exact) mass is 644 g/mol. The summed E-state index contributed by atoms with van der Waals surface area (Å²) in [5, 5.41) is 0. The second kappa shape index (κ2) is 32.6. The van der Waals surface area contributed by atoms with Gasteiger partial charge in [-0.15, -0.1) is 0 Å². The van der Waals surface area contributed by atoms with Crippen molar-refractivity contribution in [2.75, 3.05) is 27.2 Å². The molecule has 3 nitrogen and oxygen atoms in total. The summed E-state index contributed by atoms with van der Waals surface area (Å²) in [6.07, 6.45) is 52.3. The molecule has 0 aliphatic carbocycles. The number of hydrogen-bond acceptors (Lipinski definition) is 3. The number of unbranched alkanes of at least 4 members (excludes halogenated alkanes) is 21. The van der Waals surface area contributed by atoms with Gasteiger partial charge >= 0.3 is 0 Å². The van der Waals surface area contributed by atoms with Crippen molar-refractivity contribution in [2.45, 2.75) is 212 Å². The molecule has 0 aromatic rings. The first-order valence-corrected chi connectivity index (χ1v) is 20.5. The molecule has 2 unspecified atom stereocenters. The van der Waals surface area contributed by atoms with Crippen LogP contribution in [0.25, 0.3) is 0 Å². The van der Waals surface area contributed by atoms with Gasteiger partial charge in [0.1, 0.15) is 0 Å². The molecule has 0 aromatic carbocycles. The molecule has 0 saturated carbocycles. The third-order valence-corrected chi connectivity index (χ3v) is 9.64. The fraction of sp³-hybridized carbons (Fsp3) is 0.860. The number of rotatable bonds is 34. The molecular formula is C43H81NO2. The largest absolute Gasteiger partial charge is 0.347 e. The van der Waals surface area contributed by atoms with Crippen molar-refractivity contribution in [3.05, 3.63) is 36.5 Å². The second-order valence-corrected chi connectivity index (χ2v) is 14.6. The van der Waals surface area contributed by atoms with Crippen molar-refractivity contribution in [3.8, 4) is 0 Å². The van der Waals surface area contributed by atoms with Gasteiger partial charge in [0.25, 0.3) is 0 Å². The van der Waals surface area contributed by atoms with Crippen LogP contribution in [0.5, 0.6) is 0 Å². The summed E-state index contributed by atoms with van der Waals surface area (Å²) in [5.41, 5.74) is 0. The van der Waals surface area contributed by atoms with Crippen molar-refractivity contribution >= 4 is 0 Å². The number of ether oxygens (including phenoxy) is 2. The Morgan fingerprint density at radius 3 is 1.35 bits per heavy atom. The van der Waals surface area contributed by atoms with E-state index in [4.69, 9.17) is 9.47 Å². The zero-order chi connectivity index (χ0) is 33.2. The van der Waals surface area contributed by atoms with E-state index in [1.165, 1.54) is 161 Å². The van der Waals surface area contributed by atoms with Gasteiger partial charge in [0.05, 0.1) is 12.7 Å². The van der Waals surface area contributed by atoms with E-state index >= 15 is 0 Å². The first-order chi connectivity index (χ1) is 22.6. The lowest BCUT2D eigenvalue weighted by Crippen LogP contribution is -2.31. The van der Waals surface area contributed by atoms with Crippen LogP contribution >= 0.6 is 0 Å². The highest BCUT2D eigenvalue weighted by atomic mass is 16.7. The van der Waals surface area contributed by atoms with Crippen molar-refractivity contribution < 1.29 is 9.47 Å². The fourth-order valence-electron chi connectivity index (χ4n) is 6.57. The van der Waals surface area contributed by atoms with E-state index < -0.39 is 0 Å². The zero-order valence-electron chi connectivity index (χ0n) is 31.7. The van der Waals surface area contributed by atoms with Gasteiger partial charge in [-0.3, -0.25) is 0 Å². The summed E-state index contributed by atoms with van der Waals surface area (Å²) in [7, 11) is 4.31. The quantitative estimate of drug-likeness (QED) is 0.0514. The fourth-order valence-corrected chi connectivity index (χ4v) is 6.57.